The molecule has 0 heterocycles. The number of carbonyl (C=O) groups excluding carboxylic acids is 2. The van der Waals surface area contributed by atoms with Gasteiger partial charge in [-0.15, -0.1) is 0 Å². The molecule has 3 aromatic rings. The van der Waals surface area contributed by atoms with Crippen molar-refractivity contribution in [3.63, 3.8) is 0 Å². The van der Waals surface area contributed by atoms with E-state index in [9.17, 15) is 19.7 Å². The van der Waals surface area contributed by atoms with Gasteiger partial charge >= 0.3 is 5.97 Å². The van der Waals surface area contributed by atoms with E-state index in [-0.39, 0.29) is 17.0 Å². The molecule has 3 rings (SSSR count). The first kappa shape index (κ1) is 23.9. The number of carbonyl (C=O) groups is 2. The Kier molecular flexibility index (Phi) is 7.90. The summed E-state index contributed by atoms with van der Waals surface area (Å²) >= 11 is 0. The van der Waals surface area contributed by atoms with Gasteiger partial charge in [0.15, 0.2) is 11.5 Å². The number of non-ortho nitro benzene ring substituents is 1. The van der Waals surface area contributed by atoms with Gasteiger partial charge in [0, 0.05) is 17.7 Å². The van der Waals surface area contributed by atoms with Crippen LogP contribution in [0, 0.1) is 10.1 Å². The summed E-state index contributed by atoms with van der Waals surface area (Å²) in [6, 6.07) is 16.6. The topological polar surface area (TPSA) is 129 Å². The number of hydrogen-bond acceptors (Lipinski definition) is 8. The molecule has 1 amide bonds. The molecule has 0 spiro atoms. The van der Waals surface area contributed by atoms with Gasteiger partial charge < -0.3 is 14.2 Å². The van der Waals surface area contributed by atoms with E-state index < -0.39 is 16.8 Å². The Morgan fingerprint density at radius 3 is 2.47 bits per heavy atom. The quantitative estimate of drug-likeness (QED) is 0.167. The fourth-order valence-corrected chi connectivity index (χ4v) is 2.83. The number of hydrogen-bond donors (Lipinski definition) is 1. The highest BCUT2D eigenvalue weighted by molar-refractivity contribution is 5.95. The summed E-state index contributed by atoms with van der Waals surface area (Å²) in [6.45, 7) is 2.12. The van der Waals surface area contributed by atoms with Crippen molar-refractivity contribution in [2.24, 2.45) is 5.10 Å². The van der Waals surface area contributed by atoms with Crippen LogP contribution >= 0.6 is 0 Å². The van der Waals surface area contributed by atoms with Gasteiger partial charge in [0.05, 0.1) is 30.4 Å². The second-order valence-corrected chi connectivity index (χ2v) is 6.76. The number of nitro groups is 1. The van der Waals surface area contributed by atoms with Gasteiger partial charge in [-0.05, 0) is 61.0 Å². The predicted molar refractivity (Wildman–Crippen MR) is 124 cm³/mol. The van der Waals surface area contributed by atoms with E-state index in [0.717, 1.165) is 6.07 Å². The third kappa shape index (κ3) is 6.16. The van der Waals surface area contributed by atoms with E-state index in [0.29, 0.717) is 29.2 Å². The number of amides is 1. The van der Waals surface area contributed by atoms with E-state index in [1.165, 1.54) is 31.5 Å². The molecule has 1 N–H and O–H groups in total. The van der Waals surface area contributed by atoms with Crippen molar-refractivity contribution in [2.75, 3.05) is 13.7 Å². The summed E-state index contributed by atoms with van der Waals surface area (Å²) in [6.07, 6.45) is 1.37. The lowest BCUT2D eigenvalue weighted by atomic mass is 10.2. The molecule has 0 fully saturated rings. The van der Waals surface area contributed by atoms with Crippen LogP contribution < -0.4 is 19.6 Å². The lowest BCUT2D eigenvalue weighted by Crippen LogP contribution is -2.17. The minimum absolute atomic E-state index is 0.0992. The molecular weight excluding hydrogens is 442 g/mol. The molecule has 0 bridgehead atoms. The molecule has 0 aliphatic carbocycles. The zero-order chi connectivity index (χ0) is 24.5. The summed E-state index contributed by atoms with van der Waals surface area (Å²) in [5.74, 6) is -0.00388. The van der Waals surface area contributed by atoms with Gasteiger partial charge in [0.25, 0.3) is 11.6 Å². The molecule has 0 radical (unpaired) electrons. The Morgan fingerprint density at radius 2 is 1.79 bits per heavy atom. The molecule has 0 unspecified atom stereocenters. The molecule has 0 aromatic heterocycles. The van der Waals surface area contributed by atoms with Gasteiger partial charge in [-0.3, -0.25) is 14.9 Å². The van der Waals surface area contributed by atoms with Crippen LogP contribution in [0.3, 0.4) is 0 Å². The third-order valence-electron chi connectivity index (χ3n) is 4.49. The van der Waals surface area contributed by atoms with Crippen LogP contribution in [-0.4, -0.2) is 36.7 Å². The predicted octanol–water partition coefficient (Wildman–Crippen LogP) is 3.99. The molecule has 0 atom stereocenters. The summed E-state index contributed by atoms with van der Waals surface area (Å²) < 4.78 is 16.1. The molecule has 0 aliphatic heterocycles. The maximum absolute atomic E-state index is 12.5. The Morgan fingerprint density at radius 1 is 1.03 bits per heavy atom. The van der Waals surface area contributed by atoms with Gasteiger partial charge in [-0.1, -0.05) is 6.07 Å². The minimum atomic E-state index is -0.602. The maximum Gasteiger partial charge on any atom is 0.343 e. The molecular formula is C24H21N3O7. The fraction of sp³-hybridized carbons (Fsp3) is 0.125. The summed E-state index contributed by atoms with van der Waals surface area (Å²) in [7, 11) is 1.53. The van der Waals surface area contributed by atoms with Crippen LogP contribution in [0.5, 0.6) is 17.2 Å². The second kappa shape index (κ2) is 11.2. The first-order chi connectivity index (χ1) is 16.4. The smallest absolute Gasteiger partial charge is 0.343 e. The van der Waals surface area contributed by atoms with Crippen molar-refractivity contribution in [3.8, 4) is 17.2 Å². The summed E-state index contributed by atoms with van der Waals surface area (Å²) in [5.41, 5.74) is 3.12. The number of benzene rings is 3. The van der Waals surface area contributed by atoms with Crippen LogP contribution in [0.4, 0.5) is 5.69 Å². The van der Waals surface area contributed by atoms with Gasteiger partial charge in [0.1, 0.15) is 5.75 Å². The monoisotopic (exact) mass is 463 g/mol. The zero-order valence-electron chi connectivity index (χ0n) is 18.4. The van der Waals surface area contributed by atoms with Crippen LogP contribution in [0.2, 0.25) is 0 Å². The Bertz CT molecular complexity index is 1220. The molecule has 174 valence electrons. The first-order valence-corrected chi connectivity index (χ1v) is 10.1. The van der Waals surface area contributed by atoms with Crippen LogP contribution in [0.25, 0.3) is 0 Å². The van der Waals surface area contributed by atoms with Crippen molar-refractivity contribution in [1.82, 2.24) is 5.43 Å². The molecule has 0 saturated carbocycles. The van der Waals surface area contributed by atoms with Crippen molar-refractivity contribution in [2.45, 2.75) is 6.92 Å². The third-order valence-corrected chi connectivity index (χ3v) is 4.49. The van der Waals surface area contributed by atoms with Gasteiger partial charge in [0.2, 0.25) is 0 Å². The van der Waals surface area contributed by atoms with Gasteiger partial charge in [-0.2, -0.15) is 5.10 Å². The molecule has 10 nitrogen and oxygen atoms in total. The molecule has 10 heteroatoms. The second-order valence-electron chi connectivity index (χ2n) is 6.76. The highest BCUT2D eigenvalue weighted by atomic mass is 16.6. The van der Waals surface area contributed by atoms with E-state index in [2.05, 4.69) is 10.5 Å². The van der Waals surface area contributed by atoms with Crippen molar-refractivity contribution < 1.29 is 28.7 Å². The van der Waals surface area contributed by atoms with E-state index in [4.69, 9.17) is 14.2 Å². The number of nitro benzene ring substituents is 1. The lowest BCUT2D eigenvalue weighted by Gasteiger charge is -2.11. The Hall–Kier alpha value is -4.73. The average Bonchev–Trinajstić information content (AvgIpc) is 2.85. The van der Waals surface area contributed by atoms with E-state index >= 15 is 0 Å². The standard InChI is InChI=1S/C24H21N3O7/c1-3-33-22-13-16(15-25-26-23(28)18-5-4-6-19(14-18)27(30)31)7-12-21(22)34-24(29)17-8-10-20(32-2)11-9-17/h4-15H,3H2,1-2H3,(H,26,28). The number of esters is 1. The normalized spacial score (nSPS) is 10.5. The Balaban J connectivity index is 1.69. The highest BCUT2D eigenvalue weighted by Gasteiger charge is 2.14. The van der Waals surface area contributed by atoms with Crippen LogP contribution in [-0.2, 0) is 0 Å². The van der Waals surface area contributed by atoms with Crippen LogP contribution in [0.15, 0.2) is 71.8 Å². The number of ether oxygens (including phenoxy) is 3. The maximum atomic E-state index is 12.5. The van der Waals surface area contributed by atoms with Gasteiger partial charge in [-0.25, -0.2) is 10.2 Å². The molecule has 34 heavy (non-hydrogen) atoms. The lowest BCUT2D eigenvalue weighted by molar-refractivity contribution is -0.384. The molecule has 0 aliphatic rings. The highest BCUT2D eigenvalue weighted by Crippen LogP contribution is 2.29. The van der Waals surface area contributed by atoms with Crippen molar-refractivity contribution >= 4 is 23.8 Å². The van der Waals surface area contributed by atoms with Crippen molar-refractivity contribution in [1.29, 1.82) is 0 Å². The minimum Gasteiger partial charge on any atom is -0.497 e. The number of hydrazone groups is 1. The summed E-state index contributed by atoms with van der Waals surface area (Å²) in [5, 5.41) is 14.7. The fourth-order valence-electron chi connectivity index (χ4n) is 2.83. The van der Waals surface area contributed by atoms with E-state index in [1.807, 2.05) is 0 Å². The number of methoxy groups -OCH3 is 1. The number of rotatable bonds is 9. The first-order valence-electron chi connectivity index (χ1n) is 10.1. The number of nitrogens with zero attached hydrogens (tertiary/aromatic N) is 2. The SMILES string of the molecule is CCOc1cc(C=NNC(=O)c2cccc([N+](=O)[O-])c2)ccc1OC(=O)c1ccc(OC)cc1. The van der Waals surface area contributed by atoms with E-state index in [1.54, 1.807) is 49.4 Å². The van der Waals surface area contributed by atoms with Crippen molar-refractivity contribution in [3.05, 3.63) is 93.5 Å². The summed E-state index contributed by atoms with van der Waals surface area (Å²) in [4.78, 5) is 34.9. The largest absolute Gasteiger partial charge is 0.497 e. The zero-order valence-corrected chi connectivity index (χ0v) is 18.4. The number of nitrogens with one attached hydrogen (secondary N) is 1. The molecule has 3 aromatic carbocycles. The average molecular weight is 463 g/mol. The van der Waals surface area contributed by atoms with Crippen LogP contribution in [0.1, 0.15) is 33.2 Å². The molecule has 0 saturated heterocycles. The Labute approximate surface area is 194 Å².